The maximum absolute atomic E-state index is 13.3. The van der Waals surface area contributed by atoms with Crippen molar-refractivity contribution in [3.8, 4) is 5.75 Å². The molecule has 0 saturated heterocycles. The largest absolute Gasteiger partial charge is 0.486 e. The van der Waals surface area contributed by atoms with Crippen molar-refractivity contribution in [2.24, 2.45) is 5.73 Å². The molecule has 1 heterocycles. The SMILES string of the molecule is NCCc1cc(F)ccc1OCc1nc2ccccc2s1. The average molecular weight is 302 g/mol. The van der Waals surface area contributed by atoms with Crippen molar-refractivity contribution < 1.29 is 9.13 Å². The van der Waals surface area contributed by atoms with E-state index in [0.717, 1.165) is 20.8 Å². The minimum Gasteiger partial charge on any atom is -0.486 e. The van der Waals surface area contributed by atoms with Crippen molar-refractivity contribution in [3.05, 3.63) is 58.9 Å². The predicted octanol–water partition coefficient (Wildman–Crippen LogP) is 3.52. The Morgan fingerprint density at radius 3 is 2.86 bits per heavy atom. The molecule has 3 nitrogen and oxygen atoms in total. The quantitative estimate of drug-likeness (QED) is 0.784. The molecule has 2 aromatic carbocycles. The molecule has 2 N–H and O–H groups in total. The van der Waals surface area contributed by atoms with E-state index >= 15 is 0 Å². The zero-order valence-electron chi connectivity index (χ0n) is 11.4. The van der Waals surface area contributed by atoms with Gasteiger partial charge in [-0.15, -0.1) is 11.3 Å². The van der Waals surface area contributed by atoms with Gasteiger partial charge in [-0.1, -0.05) is 12.1 Å². The Labute approximate surface area is 126 Å². The fourth-order valence-electron chi connectivity index (χ4n) is 2.16. The zero-order chi connectivity index (χ0) is 14.7. The van der Waals surface area contributed by atoms with E-state index in [-0.39, 0.29) is 5.82 Å². The lowest BCUT2D eigenvalue weighted by molar-refractivity contribution is 0.302. The lowest BCUT2D eigenvalue weighted by Gasteiger charge is -2.09. The molecule has 5 heteroatoms. The number of nitrogens with two attached hydrogens (primary N) is 1. The first kappa shape index (κ1) is 14.0. The van der Waals surface area contributed by atoms with Crippen molar-refractivity contribution in [3.63, 3.8) is 0 Å². The first-order valence-corrected chi connectivity index (χ1v) is 7.53. The van der Waals surface area contributed by atoms with Gasteiger partial charge < -0.3 is 10.5 Å². The third-order valence-corrected chi connectivity index (χ3v) is 4.14. The van der Waals surface area contributed by atoms with Crippen molar-refractivity contribution in [2.75, 3.05) is 6.54 Å². The lowest BCUT2D eigenvalue weighted by atomic mass is 10.1. The first-order chi connectivity index (χ1) is 10.3. The summed E-state index contributed by atoms with van der Waals surface area (Å²) in [6.45, 7) is 0.837. The third kappa shape index (κ3) is 3.20. The van der Waals surface area contributed by atoms with Crippen LogP contribution in [0.2, 0.25) is 0 Å². The molecule has 0 spiro atoms. The van der Waals surface area contributed by atoms with Gasteiger partial charge in [0.05, 0.1) is 10.2 Å². The first-order valence-electron chi connectivity index (χ1n) is 6.72. The highest BCUT2D eigenvalue weighted by Gasteiger charge is 2.08. The van der Waals surface area contributed by atoms with Crippen LogP contribution in [0, 0.1) is 5.82 Å². The number of nitrogens with zero attached hydrogens (tertiary/aromatic N) is 1. The van der Waals surface area contributed by atoms with Gasteiger partial charge >= 0.3 is 0 Å². The molecular weight excluding hydrogens is 287 g/mol. The summed E-state index contributed by atoms with van der Waals surface area (Å²) in [5, 5.41) is 0.902. The number of hydrogen-bond donors (Lipinski definition) is 1. The van der Waals surface area contributed by atoms with Gasteiger partial charge in [0, 0.05) is 0 Å². The summed E-state index contributed by atoms with van der Waals surface area (Å²) in [5.74, 6) is 0.395. The molecule has 0 unspecified atom stereocenters. The number of hydrogen-bond acceptors (Lipinski definition) is 4. The summed E-state index contributed by atoms with van der Waals surface area (Å²) >= 11 is 1.60. The lowest BCUT2D eigenvalue weighted by Crippen LogP contribution is -2.06. The maximum Gasteiger partial charge on any atom is 0.140 e. The van der Waals surface area contributed by atoms with Crippen molar-refractivity contribution in [1.82, 2.24) is 4.98 Å². The van der Waals surface area contributed by atoms with E-state index in [0.29, 0.717) is 25.3 Å². The van der Waals surface area contributed by atoms with Gasteiger partial charge in [-0.2, -0.15) is 0 Å². The Morgan fingerprint density at radius 1 is 1.19 bits per heavy atom. The number of halogens is 1. The minimum atomic E-state index is -0.272. The van der Waals surface area contributed by atoms with Crippen LogP contribution in [0.3, 0.4) is 0 Å². The van der Waals surface area contributed by atoms with Crippen LogP contribution < -0.4 is 10.5 Å². The molecule has 21 heavy (non-hydrogen) atoms. The molecule has 0 atom stereocenters. The van der Waals surface area contributed by atoms with E-state index in [9.17, 15) is 4.39 Å². The van der Waals surface area contributed by atoms with E-state index in [1.165, 1.54) is 12.1 Å². The number of thiazole rings is 1. The minimum absolute atomic E-state index is 0.272. The molecule has 0 bridgehead atoms. The summed E-state index contributed by atoms with van der Waals surface area (Å²) in [6.07, 6.45) is 0.590. The summed E-state index contributed by atoms with van der Waals surface area (Å²) in [7, 11) is 0. The fraction of sp³-hybridized carbons (Fsp3) is 0.188. The summed E-state index contributed by atoms with van der Waals surface area (Å²) in [4.78, 5) is 4.52. The zero-order valence-corrected chi connectivity index (χ0v) is 12.2. The number of benzene rings is 2. The highest BCUT2D eigenvalue weighted by Crippen LogP contribution is 2.25. The van der Waals surface area contributed by atoms with Crippen LogP contribution in [-0.4, -0.2) is 11.5 Å². The maximum atomic E-state index is 13.3. The molecule has 0 radical (unpaired) electrons. The Bertz CT molecular complexity index is 724. The van der Waals surface area contributed by atoms with Crippen LogP contribution in [0.1, 0.15) is 10.6 Å². The number of aromatic nitrogens is 1. The van der Waals surface area contributed by atoms with Crippen LogP contribution in [0.4, 0.5) is 4.39 Å². The van der Waals surface area contributed by atoms with Crippen LogP contribution in [0.25, 0.3) is 10.2 Å². The van der Waals surface area contributed by atoms with Gasteiger partial charge in [-0.3, -0.25) is 0 Å². The molecule has 0 aliphatic carbocycles. The molecule has 0 aliphatic heterocycles. The van der Waals surface area contributed by atoms with E-state index in [1.807, 2.05) is 24.3 Å². The topological polar surface area (TPSA) is 48.1 Å². The molecular formula is C16H15FN2OS. The van der Waals surface area contributed by atoms with Gasteiger partial charge in [-0.05, 0) is 48.9 Å². The normalized spacial score (nSPS) is 11.0. The molecule has 108 valence electrons. The number of rotatable bonds is 5. The van der Waals surface area contributed by atoms with Gasteiger partial charge in [0.25, 0.3) is 0 Å². The molecule has 3 rings (SSSR count). The van der Waals surface area contributed by atoms with Gasteiger partial charge in [-0.25, -0.2) is 9.37 Å². The smallest absolute Gasteiger partial charge is 0.140 e. The van der Waals surface area contributed by atoms with Gasteiger partial charge in [0.15, 0.2) is 0 Å². The highest BCUT2D eigenvalue weighted by molar-refractivity contribution is 7.18. The van der Waals surface area contributed by atoms with E-state index in [2.05, 4.69) is 4.98 Å². The molecule has 0 amide bonds. The Hall–Kier alpha value is -1.98. The van der Waals surface area contributed by atoms with Crippen LogP contribution in [-0.2, 0) is 13.0 Å². The van der Waals surface area contributed by atoms with Gasteiger partial charge in [0.2, 0.25) is 0 Å². The Morgan fingerprint density at radius 2 is 2.05 bits per heavy atom. The van der Waals surface area contributed by atoms with E-state index in [1.54, 1.807) is 17.4 Å². The van der Waals surface area contributed by atoms with Crippen LogP contribution in [0.15, 0.2) is 42.5 Å². The number of fused-ring (bicyclic) bond motifs is 1. The fourth-order valence-corrected chi connectivity index (χ4v) is 3.04. The standard InChI is InChI=1S/C16H15FN2OS/c17-12-5-6-14(11(9-12)7-8-18)20-10-16-19-13-3-1-2-4-15(13)21-16/h1-6,9H,7-8,10,18H2. The Kier molecular flexibility index (Phi) is 4.13. The summed E-state index contributed by atoms with van der Waals surface area (Å²) < 4.78 is 20.2. The van der Waals surface area contributed by atoms with Crippen LogP contribution in [0.5, 0.6) is 5.75 Å². The predicted molar refractivity (Wildman–Crippen MR) is 83.1 cm³/mol. The molecule has 0 aliphatic rings. The number of para-hydroxylation sites is 1. The van der Waals surface area contributed by atoms with E-state index < -0.39 is 0 Å². The second-order valence-electron chi connectivity index (χ2n) is 4.65. The van der Waals surface area contributed by atoms with Crippen molar-refractivity contribution >= 4 is 21.6 Å². The molecule has 1 aromatic heterocycles. The third-order valence-electron chi connectivity index (χ3n) is 3.13. The van der Waals surface area contributed by atoms with Crippen molar-refractivity contribution in [1.29, 1.82) is 0 Å². The summed E-state index contributed by atoms with van der Waals surface area (Å²) in [6, 6.07) is 12.5. The number of ether oxygens (including phenoxy) is 1. The summed E-state index contributed by atoms with van der Waals surface area (Å²) in [5.41, 5.74) is 7.31. The average Bonchev–Trinajstić information content (AvgIpc) is 2.89. The highest BCUT2D eigenvalue weighted by atomic mass is 32.1. The van der Waals surface area contributed by atoms with Crippen LogP contribution >= 0.6 is 11.3 Å². The second kappa shape index (κ2) is 6.20. The Balaban J connectivity index is 1.77. The molecule has 0 saturated carbocycles. The van der Waals surface area contributed by atoms with Gasteiger partial charge in [0.1, 0.15) is 23.2 Å². The second-order valence-corrected chi connectivity index (χ2v) is 5.77. The molecule has 3 aromatic rings. The molecule has 0 fully saturated rings. The van der Waals surface area contributed by atoms with Crippen molar-refractivity contribution in [2.45, 2.75) is 13.0 Å². The monoisotopic (exact) mass is 302 g/mol. The van der Waals surface area contributed by atoms with E-state index in [4.69, 9.17) is 10.5 Å².